The Labute approximate surface area is 223 Å². The summed E-state index contributed by atoms with van der Waals surface area (Å²) in [5, 5.41) is 10.4. The Morgan fingerprint density at radius 3 is 2.41 bits per heavy atom. The van der Waals surface area contributed by atoms with Crippen LogP contribution >= 0.6 is 23.1 Å². The Bertz CT molecular complexity index is 1420. The summed E-state index contributed by atoms with van der Waals surface area (Å²) in [6.07, 6.45) is 1.65. The number of hydrogen-bond donors (Lipinski definition) is 3. The molecule has 4 aromatic rings. The minimum absolute atomic E-state index is 0.112. The van der Waals surface area contributed by atoms with Crippen LogP contribution in [-0.2, 0) is 9.59 Å². The molecule has 6 nitrogen and oxygen atoms in total. The summed E-state index contributed by atoms with van der Waals surface area (Å²) in [6, 6.07) is 27.3. The molecule has 1 heterocycles. The molecule has 0 saturated heterocycles. The van der Waals surface area contributed by atoms with Crippen LogP contribution in [0.3, 0.4) is 0 Å². The van der Waals surface area contributed by atoms with E-state index in [0.29, 0.717) is 11.3 Å². The minimum Gasteiger partial charge on any atom is -0.325 e. The molecule has 3 N–H and O–H groups in total. The van der Waals surface area contributed by atoms with E-state index in [1.54, 1.807) is 42.5 Å². The van der Waals surface area contributed by atoms with Crippen molar-refractivity contribution in [2.75, 3.05) is 16.4 Å². The van der Waals surface area contributed by atoms with E-state index in [2.05, 4.69) is 16.0 Å². The molecular formula is C29H25N3O3S2. The molecule has 37 heavy (non-hydrogen) atoms. The summed E-state index contributed by atoms with van der Waals surface area (Å²) >= 11 is 2.83. The zero-order valence-corrected chi connectivity index (χ0v) is 21.7. The van der Waals surface area contributed by atoms with Gasteiger partial charge in [0, 0.05) is 26.7 Å². The predicted octanol–water partition coefficient (Wildman–Crippen LogP) is 6.20. The van der Waals surface area contributed by atoms with Crippen LogP contribution in [0.25, 0.3) is 6.08 Å². The van der Waals surface area contributed by atoms with E-state index < -0.39 is 5.91 Å². The van der Waals surface area contributed by atoms with E-state index in [0.717, 1.165) is 21.0 Å². The van der Waals surface area contributed by atoms with Crippen LogP contribution in [0, 0.1) is 6.92 Å². The molecule has 0 saturated carbocycles. The largest absolute Gasteiger partial charge is 0.325 e. The van der Waals surface area contributed by atoms with Gasteiger partial charge in [0.05, 0.1) is 5.75 Å². The average Bonchev–Trinajstić information content (AvgIpc) is 3.42. The molecule has 8 heteroatoms. The third-order valence-electron chi connectivity index (χ3n) is 5.24. The highest BCUT2D eigenvalue weighted by Gasteiger charge is 2.16. The Morgan fingerprint density at radius 2 is 1.65 bits per heavy atom. The number of hydrogen-bond acceptors (Lipinski definition) is 5. The predicted molar refractivity (Wildman–Crippen MR) is 152 cm³/mol. The number of rotatable bonds is 9. The van der Waals surface area contributed by atoms with E-state index in [9.17, 15) is 14.4 Å². The summed E-state index contributed by atoms with van der Waals surface area (Å²) in [5.41, 5.74) is 2.93. The molecule has 1 aromatic heterocycles. The Morgan fingerprint density at radius 1 is 0.865 bits per heavy atom. The number of nitrogens with one attached hydrogen (secondary N) is 3. The van der Waals surface area contributed by atoms with Gasteiger partial charge < -0.3 is 16.0 Å². The third kappa shape index (κ3) is 7.67. The fourth-order valence-electron chi connectivity index (χ4n) is 3.37. The van der Waals surface area contributed by atoms with E-state index >= 15 is 0 Å². The molecule has 3 aromatic carbocycles. The molecule has 4 rings (SSSR count). The first-order valence-electron chi connectivity index (χ1n) is 11.5. The maximum atomic E-state index is 13.2. The third-order valence-corrected chi connectivity index (χ3v) is 7.05. The number of benzene rings is 3. The van der Waals surface area contributed by atoms with E-state index in [-0.39, 0.29) is 23.3 Å². The molecule has 0 aliphatic heterocycles. The number of anilines is 2. The fraction of sp³-hybridized carbons (Fsp3) is 0.0690. The van der Waals surface area contributed by atoms with Crippen molar-refractivity contribution < 1.29 is 14.4 Å². The van der Waals surface area contributed by atoms with Crippen molar-refractivity contribution in [1.29, 1.82) is 0 Å². The molecule has 0 bridgehead atoms. The molecule has 3 amide bonds. The second-order valence-corrected chi connectivity index (χ2v) is 10.1. The van der Waals surface area contributed by atoms with Crippen LogP contribution in [0.15, 0.2) is 107 Å². The second kappa shape index (κ2) is 12.7. The first-order valence-corrected chi connectivity index (χ1v) is 13.4. The Kier molecular flexibility index (Phi) is 8.91. The smallest absolute Gasteiger partial charge is 0.272 e. The Hall–Kier alpha value is -4.14. The number of carbonyl (C=O) groups is 3. The molecule has 0 atom stereocenters. The van der Waals surface area contributed by atoms with E-state index in [1.807, 2.05) is 66.9 Å². The summed E-state index contributed by atoms with van der Waals surface area (Å²) in [4.78, 5) is 40.0. The van der Waals surface area contributed by atoms with Crippen LogP contribution in [0.5, 0.6) is 0 Å². The highest BCUT2D eigenvalue weighted by atomic mass is 32.2. The lowest BCUT2D eigenvalue weighted by molar-refractivity contribution is -0.114. The van der Waals surface area contributed by atoms with Gasteiger partial charge in [-0.2, -0.15) is 0 Å². The normalized spacial score (nSPS) is 11.0. The average molecular weight is 528 g/mol. The highest BCUT2D eigenvalue weighted by Crippen LogP contribution is 2.23. The fourth-order valence-corrected chi connectivity index (χ4v) is 4.78. The number of thioether (sulfide) groups is 1. The summed E-state index contributed by atoms with van der Waals surface area (Å²) in [7, 11) is 0. The van der Waals surface area contributed by atoms with Crippen LogP contribution < -0.4 is 16.0 Å². The van der Waals surface area contributed by atoms with E-state index in [1.165, 1.54) is 23.1 Å². The van der Waals surface area contributed by atoms with Gasteiger partial charge in [0.2, 0.25) is 5.91 Å². The summed E-state index contributed by atoms with van der Waals surface area (Å²) < 4.78 is 0. The van der Waals surface area contributed by atoms with Gasteiger partial charge in [0.25, 0.3) is 11.8 Å². The SMILES string of the molecule is Cc1ccccc1NC(=O)CSc1cccc(NC(=O)/C(=C/c2cccs2)NC(=O)c2ccccc2)c1. The molecule has 0 fully saturated rings. The lowest BCUT2D eigenvalue weighted by Crippen LogP contribution is -2.30. The highest BCUT2D eigenvalue weighted by molar-refractivity contribution is 8.00. The monoisotopic (exact) mass is 527 g/mol. The van der Waals surface area contributed by atoms with Crippen molar-refractivity contribution in [3.05, 3.63) is 118 Å². The van der Waals surface area contributed by atoms with Crippen molar-refractivity contribution >= 4 is 58.3 Å². The number of aryl methyl sites for hydroxylation is 1. The van der Waals surface area contributed by atoms with Gasteiger partial charge in [0.15, 0.2) is 0 Å². The van der Waals surface area contributed by atoms with Crippen LogP contribution in [0.4, 0.5) is 11.4 Å². The van der Waals surface area contributed by atoms with Gasteiger partial charge in [-0.05, 0) is 66.4 Å². The van der Waals surface area contributed by atoms with Gasteiger partial charge in [-0.15, -0.1) is 23.1 Å². The maximum Gasteiger partial charge on any atom is 0.272 e. The van der Waals surface area contributed by atoms with Crippen molar-refractivity contribution in [2.45, 2.75) is 11.8 Å². The lowest BCUT2D eigenvalue weighted by Gasteiger charge is -2.12. The molecule has 0 unspecified atom stereocenters. The quantitative estimate of drug-likeness (QED) is 0.179. The van der Waals surface area contributed by atoms with Gasteiger partial charge >= 0.3 is 0 Å². The first-order chi connectivity index (χ1) is 18.0. The summed E-state index contributed by atoms with van der Waals surface area (Å²) in [6.45, 7) is 1.94. The second-order valence-electron chi connectivity index (χ2n) is 8.03. The molecule has 0 aliphatic rings. The van der Waals surface area contributed by atoms with Crippen molar-refractivity contribution in [2.24, 2.45) is 0 Å². The minimum atomic E-state index is -0.447. The standard InChI is InChI=1S/C29H25N3O3S2/c1-20-9-5-6-15-25(20)31-27(33)19-37-23-13-7-12-22(17-23)30-29(35)26(18-24-14-8-16-36-24)32-28(34)21-10-3-2-4-11-21/h2-18H,19H2,1H3,(H,30,35)(H,31,33)(H,32,34)/b26-18-. The van der Waals surface area contributed by atoms with Gasteiger partial charge in [-0.1, -0.05) is 48.5 Å². The zero-order chi connectivity index (χ0) is 26.0. The van der Waals surface area contributed by atoms with Crippen molar-refractivity contribution in [1.82, 2.24) is 5.32 Å². The zero-order valence-electron chi connectivity index (χ0n) is 20.1. The lowest BCUT2D eigenvalue weighted by atomic mass is 10.2. The van der Waals surface area contributed by atoms with Crippen molar-refractivity contribution in [3.63, 3.8) is 0 Å². The van der Waals surface area contributed by atoms with Crippen molar-refractivity contribution in [3.8, 4) is 0 Å². The molecule has 186 valence electrons. The number of carbonyl (C=O) groups excluding carboxylic acids is 3. The van der Waals surface area contributed by atoms with Gasteiger partial charge in [-0.25, -0.2) is 0 Å². The maximum absolute atomic E-state index is 13.2. The van der Waals surface area contributed by atoms with Crippen LogP contribution in [0.2, 0.25) is 0 Å². The molecule has 0 aliphatic carbocycles. The van der Waals surface area contributed by atoms with Gasteiger partial charge in [0.1, 0.15) is 5.70 Å². The first kappa shape index (κ1) is 25.9. The molecule has 0 spiro atoms. The summed E-state index contributed by atoms with van der Waals surface area (Å²) in [5.74, 6) is -0.708. The molecule has 0 radical (unpaired) electrons. The van der Waals surface area contributed by atoms with Gasteiger partial charge in [-0.3, -0.25) is 14.4 Å². The number of amides is 3. The van der Waals surface area contributed by atoms with E-state index in [4.69, 9.17) is 0 Å². The Balaban J connectivity index is 1.42. The number of thiophene rings is 1. The molecular weight excluding hydrogens is 502 g/mol. The number of para-hydroxylation sites is 1. The topological polar surface area (TPSA) is 87.3 Å². The van der Waals surface area contributed by atoms with Crippen LogP contribution in [-0.4, -0.2) is 23.5 Å². The van der Waals surface area contributed by atoms with Crippen LogP contribution in [0.1, 0.15) is 20.8 Å².